The van der Waals surface area contributed by atoms with Crippen molar-refractivity contribution in [3.8, 4) is 0 Å². The summed E-state index contributed by atoms with van der Waals surface area (Å²) < 4.78 is 0. The molecule has 1 fully saturated rings. The molecule has 2 aliphatic rings. The first-order valence-corrected chi connectivity index (χ1v) is 14.7. The summed E-state index contributed by atoms with van der Waals surface area (Å²) in [5.41, 5.74) is 8.10. The zero-order valence-corrected chi connectivity index (χ0v) is 24.1. The van der Waals surface area contributed by atoms with Crippen molar-refractivity contribution >= 4 is 23.5 Å². The molecule has 0 saturated carbocycles. The number of fused-ring (bicyclic) bond motifs is 1. The average Bonchev–Trinajstić information content (AvgIpc) is 3.29. The van der Waals surface area contributed by atoms with E-state index in [9.17, 15) is 14.7 Å². The van der Waals surface area contributed by atoms with Crippen LogP contribution in [0.15, 0.2) is 59.6 Å². The van der Waals surface area contributed by atoms with E-state index in [2.05, 4.69) is 0 Å². The van der Waals surface area contributed by atoms with Crippen molar-refractivity contribution in [3.05, 3.63) is 65.7 Å². The molecule has 2 aliphatic heterocycles. The number of anilines is 1. The zero-order chi connectivity index (χ0) is 28.7. The number of nitrogens with zero attached hydrogens (tertiary/aromatic N) is 5. The second-order valence-electron chi connectivity index (χ2n) is 10.5. The van der Waals surface area contributed by atoms with E-state index in [0.717, 1.165) is 41.9 Å². The minimum absolute atomic E-state index is 0.0487. The molecule has 0 bridgehead atoms. The summed E-state index contributed by atoms with van der Waals surface area (Å²) in [5.74, 6) is 0.528. The second-order valence-corrected chi connectivity index (χ2v) is 10.5. The van der Waals surface area contributed by atoms with E-state index in [1.807, 2.05) is 90.3 Å². The van der Waals surface area contributed by atoms with Gasteiger partial charge < -0.3 is 10.8 Å². The highest BCUT2D eigenvalue weighted by atomic mass is 16.3. The molecule has 2 heterocycles. The van der Waals surface area contributed by atoms with Gasteiger partial charge in [0.15, 0.2) is 11.7 Å². The van der Waals surface area contributed by atoms with Crippen molar-refractivity contribution in [1.29, 1.82) is 0 Å². The van der Waals surface area contributed by atoms with Crippen molar-refractivity contribution in [3.63, 3.8) is 0 Å². The van der Waals surface area contributed by atoms with Gasteiger partial charge in [-0.05, 0) is 49.3 Å². The molecule has 2 aromatic rings. The predicted molar refractivity (Wildman–Crippen MR) is 158 cm³/mol. The number of amidine groups is 1. The Morgan fingerprint density at radius 1 is 1.00 bits per heavy atom. The molecule has 216 valence electrons. The molecule has 0 aliphatic carbocycles. The lowest BCUT2D eigenvalue weighted by Gasteiger charge is -2.51. The molecular formula is C31H44N6O3. The van der Waals surface area contributed by atoms with Crippen molar-refractivity contribution in [2.75, 3.05) is 38.5 Å². The number of aliphatic imine (C=N–C) groups is 1. The van der Waals surface area contributed by atoms with Gasteiger partial charge in [-0.1, -0.05) is 69.3 Å². The largest absolute Gasteiger partial charge is 0.399 e. The molecule has 9 heteroatoms. The number of nitrogen functional groups attached to an aromatic ring is 1. The summed E-state index contributed by atoms with van der Waals surface area (Å²) in [6.07, 6.45) is 4.16. The Kier molecular flexibility index (Phi) is 9.81. The number of nitrogens with two attached hydrogens (primary N) is 1. The van der Waals surface area contributed by atoms with Gasteiger partial charge in [-0.25, -0.2) is 14.8 Å². The maximum atomic E-state index is 14.2. The van der Waals surface area contributed by atoms with Crippen LogP contribution < -0.4 is 5.73 Å². The molecule has 2 aromatic carbocycles. The number of hydrazine groups is 1. The Balaban J connectivity index is 1.71. The Hall–Kier alpha value is -3.43. The summed E-state index contributed by atoms with van der Waals surface area (Å²) in [6.45, 7) is 7.77. The fraction of sp³-hybridized carbons (Fsp3) is 0.516. The first kappa shape index (κ1) is 29.6. The van der Waals surface area contributed by atoms with Crippen LogP contribution in [-0.2, 0) is 17.6 Å². The van der Waals surface area contributed by atoms with Gasteiger partial charge in [-0.15, -0.1) is 0 Å². The number of aliphatic hydroxyl groups is 1. The number of unbranched alkanes of at least 4 members (excludes halogenated alkanes) is 1. The SMILES string of the molecule is CCCN1C(=O)C2N(N(CC)CCO)C(Cc3ccccc3)=NC2(CC)N(CCCCc2ccccc2N)C1=O. The monoisotopic (exact) mass is 548 g/mol. The van der Waals surface area contributed by atoms with E-state index >= 15 is 0 Å². The number of benzene rings is 2. The second kappa shape index (κ2) is 13.3. The third-order valence-electron chi connectivity index (χ3n) is 8.03. The third-order valence-corrected chi connectivity index (χ3v) is 8.03. The number of para-hydroxylation sites is 1. The van der Waals surface area contributed by atoms with Crippen LogP contribution in [-0.4, -0.2) is 87.2 Å². The number of carbonyl (C=O) groups is 2. The van der Waals surface area contributed by atoms with E-state index in [4.69, 9.17) is 10.7 Å². The number of aryl methyl sites for hydroxylation is 1. The molecule has 3 amide bonds. The number of urea groups is 1. The third kappa shape index (κ3) is 5.71. The summed E-state index contributed by atoms with van der Waals surface area (Å²) in [5, 5.41) is 13.9. The van der Waals surface area contributed by atoms with Gasteiger partial charge in [-0.3, -0.25) is 19.6 Å². The van der Waals surface area contributed by atoms with Gasteiger partial charge in [0, 0.05) is 38.3 Å². The van der Waals surface area contributed by atoms with Crippen molar-refractivity contribution in [2.45, 2.75) is 71.0 Å². The zero-order valence-electron chi connectivity index (χ0n) is 24.1. The number of amides is 3. The first-order valence-electron chi connectivity index (χ1n) is 14.7. The molecule has 9 nitrogen and oxygen atoms in total. The maximum Gasteiger partial charge on any atom is 0.328 e. The molecule has 2 unspecified atom stereocenters. The molecule has 2 atom stereocenters. The van der Waals surface area contributed by atoms with Crippen molar-refractivity contribution in [2.24, 2.45) is 4.99 Å². The summed E-state index contributed by atoms with van der Waals surface area (Å²) in [4.78, 5) is 36.7. The highest BCUT2D eigenvalue weighted by Gasteiger charge is 2.62. The van der Waals surface area contributed by atoms with Crippen LogP contribution in [0, 0.1) is 0 Å². The Labute approximate surface area is 238 Å². The summed E-state index contributed by atoms with van der Waals surface area (Å²) in [7, 11) is 0. The topological polar surface area (TPSA) is 106 Å². The summed E-state index contributed by atoms with van der Waals surface area (Å²) >= 11 is 0. The molecule has 3 N–H and O–H groups in total. The summed E-state index contributed by atoms with van der Waals surface area (Å²) in [6, 6.07) is 17.0. The van der Waals surface area contributed by atoms with Gasteiger partial charge in [0.1, 0.15) is 5.84 Å². The molecule has 1 saturated heterocycles. The van der Waals surface area contributed by atoms with Gasteiger partial charge in [0.25, 0.3) is 5.91 Å². The van der Waals surface area contributed by atoms with E-state index in [1.54, 1.807) is 0 Å². The molecule has 40 heavy (non-hydrogen) atoms. The van der Waals surface area contributed by atoms with Gasteiger partial charge in [0.05, 0.1) is 6.61 Å². The number of carbonyl (C=O) groups excluding carboxylic acids is 2. The fourth-order valence-electron chi connectivity index (χ4n) is 6.03. The minimum atomic E-state index is -1.02. The van der Waals surface area contributed by atoms with Crippen LogP contribution in [0.3, 0.4) is 0 Å². The number of likely N-dealkylation sites (N-methyl/N-ethyl adjacent to an activating group) is 1. The number of hydrogen-bond donors (Lipinski definition) is 2. The van der Waals surface area contributed by atoms with Crippen LogP contribution >= 0.6 is 0 Å². The lowest BCUT2D eigenvalue weighted by molar-refractivity contribution is -0.151. The Morgan fingerprint density at radius 2 is 1.73 bits per heavy atom. The molecule has 0 aromatic heterocycles. The minimum Gasteiger partial charge on any atom is -0.399 e. The van der Waals surface area contributed by atoms with Crippen molar-refractivity contribution in [1.82, 2.24) is 19.8 Å². The van der Waals surface area contributed by atoms with Crippen molar-refractivity contribution < 1.29 is 14.7 Å². The van der Waals surface area contributed by atoms with Crippen LogP contribution in [0.5, 0.6) is 0 Å². The van der Waals surface area contributed by atoms with Crippen LogP contribution in [0.1, 0.15) is 57.6 Å². The number of aliphatic hydroxyl groups excluding tert-OH is 1. The quantitative estimate of drug-likeness (QED) is 0.274. The van der Waals surface area contributed by atoms with E-state index in [-0.39, 0.29) is 18.5 Å². The van der Waals surface area contributed by atoms with E-state index < -0.39 is 11.7 Å². The van der Waals surface area contributed by atoms with E-state index in [1.165, 1.54) is 4.90 Å². The van der Waals surface area contributed by atoms with Crippen LogP contribution in [0.2, 0.25) is 0 Å². The molecule has 4 rings (SSSR count). The number of hydrogen-bond acceptors (Lipinski definition) is 7. The number of imide groups is 1. The first-order chi connectivity index (χ1) is 19.4. The van der Waals surface area contributed by atoms with Gasteiger partial charge in [0.2, 0.25) is 0 Å². The van der Waals surface area contributed by atoms with Gasteiger partial charge >= 0.3 is 6.03 Å². The Bertz CT molecular complexity index is 1190. The van der Waals surface area contributed by atoms with Crippen LogP contribution in [0.4, 0.5) is 10.5 Å². The Morgan fingerprint density at radius 3 is 2.38 bits per heavy atom. The highest BCUT2D eigenvalue weighted by Crippen LogP contribution is 2.42. The molecule has 0 spiro atoms. The smallest absolute Gasteiger partial charge is 0.328 e. The van der Waals surface area contributed by atoms with Crippen LogP contribution in [0.25, 0.3) is 0 Å². The van der Waals surface area contributed by atoms with Gasteiger partial charge in [-0.2, -0.15) is 0 Å². The lowest BCUT2D eigenvalue weighted by Crippen LogP contribution is -2.73. The fourth-order valence-corrected chi connectivity index (χ4v) is 6.03. The standard InChI is InChI=1S/C31H44N6O3/c1-4-19-35-29(39)28-31(5-2,36(30(35)40)20-13-12-17-25-16-10-11-18-26(25)32)33-27(23-24-14-8-7-9-15-24)37(28)34(6-3)21-22-38/h7-11,14-16,18,28,38H,4-6,12-13,17,19-23,32H2,1-3H3. The number of rotatable bonds is 14. The highest BCUT2D eigenvalue weighted by molar-refractivity contribution is 6.05. The molecule has 0 radical (unpaired) electrons. The lowest BCUT2D eigenvalue weighted by atomic mass is 9.91. The average molecular weight is 549 g/mol. The van der Waals surface area contributed by atoms with E-state index in [0.29, 0.717) is 45.4 Å². The maximum absolute atomic E-state index is 14.2. The predicted octanol–water partition coefficient (Wildman–Crippen LogP) is 3.93. The molecular weight excluding hydrogens is 504 g/mol. The normalized spacial score (nSPS) is 20.9.